The summed E-state index contributed by atoms with van der Waals surface area (Å²) in [7, 11) is 0. The predicted molar refractivity (Wildman–Crippen MR) is 168 cm³/mol. The van der Waals surface area contributed by atoms with Crippen LogP contribution < -0.4 is 9.64 Å². The fraction of sp³-hybridized carbons (Fsp3) is 0.485. The van der Waals surface area contributed by atoms with E-state index >= 15 is 0 Å². The molecule has 1 aromatic carbocycles. The van der Waals surface area contributed by atoms with Crippen molar-refractivity contribution in [1.29, 1.82) is 0 Å². The molecule has 8 heteroatoms. The highest BCUT2D eigenvalue weighted by atomic mass is 35.5. The number of hydrogen-bond acceptors (Lipinski definition) is 6. The molecule has 7 nitrogen and oxygen atoms in total. The zero-order valence-corrected chi connectivity index (χ0v) is 26.3. The van der Waals surface area contributed by atoms with Crippen molar-refractivity contribution in [3.8, 4) is 17.0 Å². The van der Waals surface area contributed by atoms with E-state index < -0.39 is 5.60 Å². The second-order valence-electron chi connectivity index (χ2n) is 11.9. The molecule has 224 valence electrons. The third-order valence-corrected chi connectivity index (χ3v) is 7.13. The number of halogens is 1. The number of aliphatic hydroxyl groups is 1. The summed E-state index contributed by atoms with van der Waals surface area (Å²) < 4.78 is 5.94. The van der Waals surface area contributed by atoms with E-state index in [0.717, 1.165) is 59.2 Å². The van der Waals surface area contributed by atoms with Crippen LogP contribution in [0.3, 0.4) is 0 Å². The molecular formula is C33H46ClN3O4. The molecule has 0 atom stereocenters. The molecule has 0 aliphatic carbocycles. The average molecular weight is 584 g/mol. The molecule has 4 rings (SSSR count). The summed E-state index contributed by atoms with van der Waals surface area (Å²) in [5, 5.41) is 16.2. The second-order valence-corrected chi connectivity index (χ2v) is 12.3. The van der Waals surface area contributed by atoms with E-state index in [4.69, 9.17) is 41.3 Å². The van der Waals surface area contributed by atoms with Crippen molar-refractivity contribution in [2.45, 2.75) is 79.8 Å². The Bertz CT molecular complexity index is 1220. The van der Waals surface area contributed by atoms with Gasteiger partial charge in [-0.05, 0) is 81.7 Å². The van der Waals surface area contributed by atoms with E-state index in [1.807, 2.05) is 48.8 Å². The number of piperidine rings is 1. The van der Waals surface area contributed by atoms with Gasteiger partial charge in [-0.3, -0.25) is 14.8 Å². The van der Waals surface area contributed by atoms with Crippen LogP contribution in [0.5, 0.6) is 5.75 Å². The SMILES string of the molecule is CC(C)(C)O.CCc1c(C)ncc(-c2ccc(OCCc3ccccc3Cl)cn2)c1N1CCC(C)(C)CC1.O=CO. The van der Waals surface area contributed by atoms with Gasteiger partial charge in [0.1, 0.15) is 5.75 Å². The van der Waals surface area contributed by atoms with Crippen LogP contribution >= 0.6 is 11.6 Å². The minimum Gasteiger partial charge on any atom is -0.492 e. The lowest BCUT2D eigenvalue weighted by molar-refractivity contribution is -0.122. The van der Waals surface area contributed by atoms with Crippen LogP contribution in [0.2, 0.25) is 5.02 Å². The zero-order chi connectivity index (χ0) is 30.6. The highest BCUT2D eigenvalue weighted by Crippen LogP contribution is 2.39. The maximum Gasteiger partial charge on any atom is 0.290 e. The van der Waals surface area contributed by atoms with E-state index in [2.05, 4.69) is 32.6 Å². The smallest absolute Gasteiger partial charge is 0.290 e. The molecule has 1 aliphatic heterocycles. The number of carboxylic acid groups (broad SMARTS) is 1. The summed E-state index contributed by atoms with van der Waals surface area (Å²) in [6.45, 7) is 16.8. The summed E-state index contributed by atoms with van der Waals surface area (Å²) >= 11 is 6.25. The summed E-state index contributed by atoms with van der Waals surface area (Å²) in [5.74, 6) is 0.767. The topological polar surface area (TPSA) is 95.8 Å². The molecule has 0 bridgehead atoms. The first kappa shape index (κ1) is 34.0. The maximum absolute atomic E-state index is 8.52. The van der Waals surface area contributed by atoms with Crippen LogP contribution in [-0.4, -0.2) is 52.0 Å². The molecule has 2 aromatic heterocycles. The van der Waals surface area contributed by atoms with Crippen molar-refractivity contribution in [2.24, 2.45) is 5.41 Å². The normalized spacial score (nSPS) is 14.2. The Morgan fingerprint density at radius 2 is 1.68 bits per heavy atom. The standard InChI is InChI=1S/C28H34ClN3O.C4H10O.CH2O2/c1-5-23-20(2)30-19-24(27(23)32-15-13-28(3,4)14-16-32)26-11-10-22(18-31-26)33-17-12-21-8-6-7-9-25(21)29;1-4(2,3)5;2-1-3/h6-11,18-19H,5,12-17H2,1-4H3;5H,1-3H3;1H,(H,2,3). The maximum atomic E-state index is 8.52. The number of aryl methyl sites for hydroxylation is 1. The first-order valence-electron chi connectivity index (χ1n) is 14.2. The molecule has 0 radical (unpaired) electrons. The largest absolute Gasteiger partial charge is 0.492 e. The van der Waals surface area contributed by atoms with E-state index in [-0.39, 0.29) is 6.47 Å². The number of rotatable bonds is 7. The van der Waals surface area contributed by atoms with Crippen molar-refractivity contribution in [3.05, 3.63) is 70.6 Å². The molecule has 0 spiro atoms. The average Bonchev–Trinajstić information content (AvgIpc) is 2.90. The van der Waals surface area contributed by atoms with Gasteiger partial charge in [0.2, 0.25) is 0 Å². The van der Waals surface area contributed by atoms with E-state index in [0.29, 0.717) is 12.0 Å². The second kappa shape index (κ2) is 15.7. The number of nitrogens with zero attached hydrogens (tertiary/aromatic N) is 3. The first-order valence-corrected chi connectivity index (χ1v) is 14.5. The number of anilines is 1. The molecule has 0 amide bonds. The van der Waals surface area contributed by atoms with Crippen molar-refractivity contribution < 1.29 is 19.7 Å². The molecule has 3 heterocycles. The fourth-order valence-corrected chi connectivity index (χ4v) is 4.78. The third-order valence-electron chi connectivity index (χ3n) is 6.76. The number of pyridine rings is 2. The Kier molecular flexibility index (Phi) is 13.1. The molecule has 0 unspecified atom stereocenters. The van der Waals surface area contributed by atoms with Crippen LogP contribution in [0.15, 0.2) is 48.8 Å². The number of carbonyl (C=O) groups is 1. The van der Waals surface area contributed by atoms with Gasteiger partial charge in [0.25, 0.3) is 6.47 Å². The molecule has 1 saturated heterocycles. The monoisotopic (exact) mass is 583 g/mol. The zero-order valence-electron chi connectivity index (χ0n) is 25.6. The van der Waals surface area contributed by atoms with Crippen LogP contribution in [-0.2, 0) is 17.6 Å². The van der Waals surface area contributed by atoms with Crippen LogP contribution in [0.4, 0.5) is 5.69 Å². The number of ether oxygens (including phenoxy) is 1. The Labute approximate surface area is 250 Å². The van der Waals surface area contributed by atoms with Gasteiger partial charge in [0.05, 0.1) is 29.8 Å². The number of benzene rings is 1. The molecule has 3 aromatic rings. The van der Waals surface area contributed by atoms with E-state index in [1.165, 1.54) is 24.1 Å². The molecule has 2 N–H and O–H groups in total. The van der Waals surface area contributed by atoms with E-state index in [9.17, 15) is 0 Å². The van der Waals surface area contributed by atoms with Crippen molar-refractivity contribution in [3.63, 3.8) is 0 Å². The van der Waals surface area contributed by atoms with Crippen molar-refractivity contribution >= 4 is 23.8 Å². The third kappa shape index (κ3) is 11.3. The fourth-order valence-electron chi connectivity index (χ4n) is 4.55. The quantitative estimate of drug-likeness (QED) is 0.280. The molecule has 1 fully saturated rings. The lowest BCUT2D eigenvalue weighted by atomic mass is 9.82. The van der Waals surface area contributed by atoms with Gasteiger partial charge in [-0.1, -0.05) is 50.6 Å². The molecule has 0 saturated carbocycles. The van der Waals surface area contributed by atoms with Gasteiger partial charge < -0.3 is 19.8 Å². The predicted octanol–water partition coefficient (Wildman–Crippen LogP) is 7.39. The highest BCUT2D eigenvalue weighted by molar-refractivity contribution is 6.31. The van der Waals surface area contributed by atoms with Crippen molar-refractivity contribution in [2.75, 3.05) is 24.6 Å². The van der Waals surface area contributed by atoms with E-state index in [1.54, 1.807) is 20.8 Å². The Morgan fingerprint density at radius 3 is 2.22 bits per heavy atom. The highest BCUT2D eigenvalue weighted by Gasteiger charge is 2.28. The van der Waals surface area contributed by atoms with Gasteiger partial charge in [0, 0.05) is 42.0 Å². The molecular weight excluding hydrogens is 538 g/mol. The Balaban J connectivity index is 0.000000653. The van der Waals surface area contributed by atoms with Gasteiger partial charge in [-0.25, -0.2) is 0 Å². The summed E-state index contributed by atoms with van der Waals surface area (Å²) in [6, 6.07) is 11.9. The molecule has 1 aliphatic rings. The van der Waals surface area contributed by atoms with Crippen LogP contribution in [0.25, 0.3) is 11.3 Å². The van der Waals surface area contributed by atoms with Gasteiger partial charge >= 0.3 is 0 Å². The summed E-state index contributed by atoms with van der Waals surface area (Å²) in [6.07, 6.45) is 7.93. The van der Waals surface area contributed by atoms with Gasteiger partial charge in [-0.2, -0.15) is 0 Å². The van der Waals surface area contributed by atoms with Gasteiger partial charge in [0.15, 0.2) is 0 Å². The van der Waals surface area contributed by atoms with Crippen molar-refractivity contribution in [1.82, 2.24) is 9.97 Å². The van der Waals surface area contributed by atoms with Crippen LogP contribution in [0, 0.1) is 12.3 Å². The number of aromatic nitrogens is 2. The molecule has 41 heavy (non-hydrogen) atoms. The minimum absolute atomic E-state index is 0.250. The lowest BCUT2D eigenvalue weighted by Gasteiger charge is -2.40. The first-order chi connectivity index (χ1) is 19.3. The Hall–Kier alpha value is -3.16. The van der Waals surface area contributed by atoms with Gasteiger partial charge in [-0.15, -0.1) is 0 Å². The Morgan fingerprint density at radius 1 is 1.07 bits per heavy atom. The summed E-state index contributed by atoms with van der Waals surface area (Å²) in [4.78, 5) is 20.4. The lowest BCUT2D eigenvalue weighted by Crippen LogP contribution is -2.38. The minimum atomic E-state index is -0.500. The van der Waals surface area contributed by atoms with Crippen LogP contribution in [0.1, 0.15) is 71.2 Å². The number of hydrogen-bond donors (Lipinski definition) is 2. The summed E-state index contributed by atoms with van der Waals surface area (Å²) in [5.41, 5.74) is 6.80.